The summed E-state index contributed by atoms with van der Waals surface area (Å²) in [7, 11) is 0. The molecule has 2 aromatic rings. The first-order valence-corrected chi connectivity index (χ1v) is 7.36. The van der Waals surface area contributed by atoms with E-state index in [0.717, 1.165) is 10.7 Å². The Morgan fingerprint density at radius 3 is 2.67 bits per heavy atom. The summed E-state index contributed by atoms with van der Waals surface area (Å²) in [5.74, 6) is -0.515. The van der Waals surface area contributed by atoms with Crippen molar-refractivity contribution >= 4 is 23.0 Å². The fraction of sp³-hybridized carbons (Fsp3) is 0.333. The van der Waals surface area contributed by atoms with Crippen LogP contribution in [0.3, 0.4) is 0 Å². The number of carboxylic acid groups (broad SMARTS) is 1. The number of carbonyl (C=O) groups is 1. The van der Waals surface area contributed by atoms with Crippen LogP contribution >= 0.6 is 11.3 Å². The molecule has 0 aliphatic rings. The number of aromatic nitrogens is 1. The maximum atomic E-state index is 10.9. The zero-order valence-electron chi connectivity index (χ0n) is 12.2. The zero-order valence-corrected chi connectivity index (χ0v) is 13.0. The quantitative estimate of drug-likeness (QED) is 0.846. The normalized spacial score (nSPS) is 11.4. The number of aromatic carboxylic acids is 1. The molecule has 0 bridgehead atoms. The van der Waals surface area contributed by atoms with Gasteiger partial charge in [-0.3, -0.25) is 0 Å². The number of anilines is 1. The first-order chi connectivity index (χ1) is 9.77. The number of nitrogens with two attached hydrogens (primary N) is 1. The third-order valence-corrected chi connectivity index (χ3v) is 3.76. The van der Waals surface area contributed by atoms with E-state index < -0.39 is 5.97 Å². The van der Waals surface area contributed by atoms with Gasteiger partial charge in [-0.15, -0.1) is 11.3 Å². The molecule has 0 aliphatic heterocycles. The summed E-state index contributed by atoms with van der Waals surface area (Å²) in [6, 6.07) is 4.55. The second kappa shape index (κ2) is 5.73. The Bertz CT molecular complexity index is 659. The molecule has 1 aromatic carbocycles. The molecule has 0 unspecified atom stereocenters. The zero-order chi connectivity index (χ0) is 15.6. The van der Waals surface area contributed by atoms with E-state index >= 15 is 0 Å². The second-order valence-electron chi connectivity index (χ2n) is 5.72. The minimum absolute atomic E-state index is 0.0162. The number of rotatable bonds is 4. The van der Waals surface area contributed by atoms with E-state index in [4.69, 9.17) is 15.6 Å². The van der Waals surface area contributed by atoms with Crippen molar-refractivity contribution < 1.29 is 14.6 Å². The molecule has 6 heteroatoms. The number of benzene rings is 1. The summed E-state index contributed by atoms with van der Waals surface area (Å²) in [5, 5.41) is 11.8. The number of hydrogen-bond acceptors (Lipinski definition) is 5. The van der Waals surface area contributed by atoms with E-state index in [1.807, 2.05) is 5.38 Å². The lowest BCUT2D eigenvalue weighted by Gasteiger charge is -2.14. The van der Waals surface area contributed by atoms with Crippen LogP contribution in [0, 0.1) is 0 Å². The lowest BCUT2D eigenvalue weighted by molar-refractivity contribution is 0.0698. The largest absolute Gasteiger partial charge is 0.486 e. The number of hydrogen-bond donors (Lipinski definition) is 2. The molecule has 1 aromatic heterocycles. The van der Waals surface area contributed by atoms with E-state index in [2.05, 4.69) is 25.8 Å². The smallest absolute Gasteiger partial charge is 0.337 e. The average molecular weight is 306 g/mol. The molecule has 21 heavy (non-hydrogen) atoms. The Morgan fingerprint density at radius 2 is 2.14 bits per heavy atom. The predicted molar refractivity (Wildman–Crippen MR) is 83.0 cm³/mol. The van der Waals surface area contributed by atoms with Gasteiger partial charge in [0.1, 0.15) is 17.4 Å². The van der Waals surface area contributed by atoms with Crippen molar-refractivity contribution in [1.29, 1.82) is 0 Å². The average Bonchev–Trinajstić information content (AvgIpc) is 2.84. The molecule has 0 aliphatic carbocycles. The molecule has 0 fully saturated rings. The van der Waals surface area contributed by atoms with Crippen molar-refractivity contribution in [1.82, 2.24) is 4.98 Å². The fourth-order valence-electron chi connectivity index (χ4n) is 1.69. The lowest BCUT2D eigenvalue weighted by Crippen LogP contribution is -2.11. The number of nitrogens with zero attached hydrogens (tertiary/aromatic N) is 1. The highest BCUT2D eigenvalue weighted by atomic mass is 32.1. The van der Waals surface area contributed by atoms with Gasteiger partial charge in [0.15, 0.2) is 0 Å². The molecule has 0 atom stereocenters. The van der Waals surface area contributed by atoms with Gasteiger partial charge < -0.3 is 15.6 Å². The third-order valence-electron chi connectivity index (χ3n) is 2.94. The van der Waals surface area contributed by atoms with Crippen molar-refractivity contribution in [3.05, 3.63) is 39.8 Å². The van der Waals surface area contributed by atoms with E-state index in [0.29, 0.717) is 12.4 Å². The minimum atomic E-state index is -1.05. The molecular formula is C15H18N2O3S. The van der Waals surface area contributed by atoms with Gasteiger partial charge in [0.2, 0.25) is 0 Å². The van der Waals surface area contributed by atoms with Crippen LogP contribution in [0.5, 0.6) is 5.75 Å². The molecule has 112 valence electrons. The van der Waals surface area contributed by atoms with Gasteiger partial charge in [0.25, 0.3) is 0 Å². The van der Waals surface area contributed by atoms with E-state index in [9.17, 15) is 4.79 Å². The molecule has 1 heterocycles. The van der Waals surface area contributed by atoms with Gasteiger partial charge in [-0.1, -0.05) is 20.8 Å². The topological polar surface area (TPSA) is 85.4 Å². The van der Waals surface area contributed by atoms with Crippen LogP contribution in [0.2, 0.25) is 0 Å². The van der Waals surface area contributed by atoms with Gasteiger partial charge in [0, 0.05) is 22.5 Å². The first kappa shape index (κ1) is 15.3. The summed E-state index contributed by atoms with van der Waals surface area (Å²) in [5.41, 5.74) is 6.99. The van der Waals surface area contributed by atoms with Gasteiger partial charge in [-0.05, 0) is 12.1 Å². The molecule has 0 saturated heterocycles. The number of thiazole rings is 1. The second-order valence-corrected chi connectivity index (χ2v) is 6.66. The Labute approximate surface area is 127 Å². The standard InChI is InChI=1S/C15H18N2O3S/c1-15(2,3)12-8-21-13(17-12)7-20-9-4-5-10(14(18)19)11(16)6-9/h4-6,8H,7,16H2,1-3H3,(H,18,19). The Morgan fingerprint density at radius 1 is 1.43 bits per heavy atom. The molecule has 3 N–H and O–H groups in total. The van der Waals surface area contributed by atoms with Crippen LogP contribution in [0.4, 0.5) is 5.69 Å². The van der Waals surface area contributed by atoms with Crippen molar-refractivity contribution in [2.75, 3.05) is 5.73 Å². The van der Waals surface area contributed by atoms with Crippen LogP contribution in [0.25, 0.3) is 0 Å². The Hall–Kier alpha value is -2.08. The van der Waals surface area contributed by atoms with Gasteiger partial charge >= 0.3 is 5.97 Å². The summed E-state index contributed by atoms with van der Waals surface area (Å²) < 4.78 is 5.61. The van der Waals surface area contributed by atoms with Crippen LogP contribution < -0.4 is 10.5 Å². The monoisotopic (exact) mass is 306 g/mol. The van der Waals surface area contributed by atoms with Crippen LogP contribution in [0.1, 0.15) is 41.8 Å². The molecule has 0 radical (unpaired) electrons. The number of carboxylic acids is 1. The predicted octanol–water partition coefficient (Wildman–Crippen LogP) is 3.30. The third kappa shape index (κ3) is 3.72. The summed E-state index contributed by atoms with van der Waals surface area (Å²) in [4.78, 5) is 15.4. The summed E-state index contributed by atoms with van der Waals surface area (Å²) >= 11 is 1.55. The van der Waals surface area contributed by atoms with Crippen molar-refractivity contribution in [3.8, 4) is 5.75 Å². The van der Waals surface area contributed by atoms with Crippen LogP contribution in [-0.4, -0.2) is 16.1 Å². The van der Waals surface area contributed by atoms with Crippen LogP contribution in [-0.2, 0) is 12.0 Å². The molecule has 0 saturated carbocycles. The fourth-order valence-corrected chi connectivity index (χ4v) is 2.62. The lowest BCUT2D eigenvalue weighted by atomic mass is 9.93. The van der Waals surface area contributed by atoms with E-state index in [1.165, 1.54) is 12.1 Å². The number of nitrogen functional groups attached to an aromatic ring is 1. The first-order valence-electron chi connectivity index (χ1n) is 6.48. The molecule has 5 nitrogen and oxygen atoms in total. The SMILES string of the molecule is CC(C)(C)c1csc(COc2ccc(C(=O)O)c(N)c2)n1. The summed E-state index contributed by atoms with van der Waals surface area (Å²) in [6.45, 7) is 6.67. The van der Waals surface area contributed by atoms with Crippen molar-refractivity contribution in [3.63, 3.8) is 0 Å². The molecule has 0 spiro atoms. The maximum Gasteiger partial charge on any atom is 0.337 e. The van der Waals surface area contributed by atoms with Crippen molar-refractivity contribution in [2.45, 2.75) is 32.8 Å². The molecule has 2 rings (SSSR count). The summed E-state index contributed by atoms with van der Waals surface area (Å²) in [6.07, 6.45) is 0. The Balaban J connectivity index is 2.05. The van der Waals surface area contributed by atoms with Gasteiger partial charge in [-0.2, -0.15) is 0 Å². The molecular weight excluding hydrogens is 288 g/mol. The maximum absolute atomic E-state index is 10.9. The van der Waals surface area contributed by atoms with Crippen LogP contribution in [0.15, 0.2) is 23.6 Å². The van der Waals surface area contributed by atoms with Gasteiger partial charge in [0.05, 0.1) is 11.3 Å². The van der Waals surface area contributed by atoms with Crippen molar-refractivity contribution in [2.24, 2.45) is 0 Å². The van der Waals surface area contributed by atoms with E-state index in [-0.39, 0.29) is 16.7 Å². The Kier molecular flexibility index (Phi) is 4.18. The van der Waals surface area contributed by atoms with E-state index in [1.54, 1.807) is 17.4 Å². The highest BCUT2D eigenvalue weighted by Crippen LogP contribution is 2.25. The highest BCUT2D eigenvalue weighted by Gasteiger charge is 2.17. The highest BCUT2D eigenvalue weighted by molar-refractivity contribution is 7.09. The molecule has 0 amide bonds. The minimum Gasteiger partial charge on any atom is -0.486 e. The number of ether oxygens (including phenoxy) is 1. The van der Waals surface area contributed by atoms with Gasteiger partial charge in [-0.25, -0.2) is 9.78 Å².